The summed E-state index contributed by atoms with van der Waals surface area (Å²) in [6.45, 7) is 2.79. The van der Waals surface area contributed by atoms with Gasteiger partial charge in [0.2, 0.25) is 0 Å². The van der Waals surface area contributed by atoms with E-state index in [1.807, 2.05) is 6.92 Å². The number of carbonyl (C=O) groups is 1. The molecule has 2 rings (SSSR count). The number of carbonyl (C=O) groups excluding carboxylic acids is 1. The van der Waals surface area contributed by atoms with Crippen molar-refractivity contribution in [2.24, 2.45) is 0 Å². The van der Waals surface area contributed by atoms with Crippen LogP contribution in [0.3, 0.4) is 0 Å². The van der Waals surface area contributed by atoms with Crippen LogP contribution in [0.1, 0.15) is 23.7 Å². The first-order chi connectivity index (χ1) is 11.0. The Bertz CT molecular complexity index is 710. The first-order valence-electron chi connectivity index (χ1n) is 6.97. The molecule has 0 radical (unpaired) electrons. The van der Waals surface area contributed by atoms with Gasteiger partial charge in [0.15, 0.2) is 11.6 Å². The lowest BCUT2D eigenvalue weighted by molar-refractivity contribution is 0.102. The molecule has 0 saturated carbocycles. The largest absolute Gasteiger partial charge is 0.322 e. The van der Waals surface area contributed by atoms with Crippen molar-refractivity contribution in [1.82, 2.24) is 4.72 Å². The van der Waals surface area contributed by atoms with Crippen LogP contribution in [0.5, 0.6) is 0 Å². The van der Waals surface area contributed by atoms with E-state index >= 15 is 0 Å². The quantitative estimate of drug-likeness (QED) is 0.606. The lowest BCUT2D eigenvalue weighted by Gasteiger charge is -2.09. The van der Waals surface area contributed by atoms with E-state index in [1.54, 1.807) is 6.07 Å². The van der Waals surface area contributed by atoms with Crippen molar-refractivity contribution in [1.29, 1.82) is 0 Å². The van der Waals surface area contributed by atoms with Crippen LogP contribution in [0.4, 0.5) is 18.9 Å². The second-order valence-electron chi connectivity index (χ2n) is 4.72. The molecule has 0 unspecified atom stereocenters. The number of hydrogen-bond donors (Lipinski definition) is 2. The van der Waals surface area contributed by atoms with Crippen LogP contribution in [0, 0.1) is 17.5 Å². The van der Waals surface area contributed by atoms with Crippen molar-refractivity contribution >= 4 is 23.5 Å². The molecule has 0 bridgehead atoms. The van der Waals surface area contributed by atoms with Crippen LogP contribution < -0.4 is 10.0 Å². The van der Waals surface area contributed by atoms with E-state index in [9.17, 15) is 18.0 Å². The van der Waals surface area contributed by atoms with Crippen LogP contribution in [0.25, 0.3) is 0 Å². The Labute approximate surface area is 136 Å². The van der Waals surface area contributed by atoms with E-state index in [2.05, 4.69) is 10.0 Å². The predicted molar refractivity (Wildman–Crippen MR) is 84.9 cm³/mol. The lowest BCUT2D eigenvalue weighted by Crippen LogP contribution is -2.14. The van der Waals surface area contributed by atoms with Crippen molar-refractivity contribution < 1.29 is 18.0 Å². The first-order valence-corrected chi connectivity index (χ1v) is 7.78. The Kier molecular flexibility index (Phi) is 6.06. The highest BCUT2D eigenvalue weighted by molar-refractivity contribution is 7.97. The molecule has 0 aliphatic rings. The summed E-state index contributed by atoms with van der Waals surface area (Å²) in [6.07, 6.45) is 0.942. The molecule has 122 valence electrons. The second kappa shape index (κ2) is 8.03. The van der Waals surface area contributed by atoms with Gasteiger partial charge in [0.05, 0.1) is 5.56 Å². The minimum absolute atomic E-state index is 0.0514. The van der Waals surface area contributed by atoms with E-state index in [4.69, 9.17) is 0 Å². The number of benzene rings is 2. The fourth-order valence-corrected chi connectivity index (χ4v) is 2.54. The average molecular weight is 340 g/mol. The van der Waals surface area contributed by atoms with Crippen molar-refractivity contribution in [3.8, 4) is 0 Å². The zero-order chi connectivity index (χ0) is 16.8. The third-order valence-electron chi connectivity index (χ3n) is 2.90. The number of rotatable bonds is 6. The topological polar surface area (TPSA) is 41.1 Å². The van der Waals surface area contributed by atoms with E-state index in [0.29, 0.717) is 4.90 Å². The summed E-state index contributed by atoms with van der Waals surface area (Å²) < 4.78 is 42.9. The molecule has 0 aliphatic heterocycles. The van der Waals surface area contributed by atoms with E-state index in [1.165, 1.54) is 30.1 Å². The van der Waals surface area contributed by atoms with Crippen LogP contribution in [-0.4, -0.2) is 12.5 Å². The first kappa shape index (κ1) is 17.4. The van der Waals surface area contributed by atoms with Gasteiger partial charge >= 0.3 is 0 Å². The van der Waals surface area contributed by atoms with Crippen LogP contribution in [-0.2, 0) is 0 Å². The fourth-order valence-electron chi connectivity index (χ4n) is 1.75. The molecular formula is C16H15F3N2OS. The summed E-state index contributed by atoms with van der Waals surface area (Å²) in [4.78, 5) is 12.8. The summed E-state index contributed by atoms with van der Waals surface area (Å²) in [5.74, 6) is -3.53. The molecule has 7 heteroatoms. The highest BCUT2D eigenvalue weighted by atomic mass is 32.2. The Morgan fingerprint density at radius 2 is 1.78 bits per heavy atom. The molecule has 2 aromatic rings. The summed E-state index contributed by atoms with van der Waals surface area (Å²) >= 11 is 1.29. The Balaban J connectivity index is 2.14. The molecule has 0 saturated heterocycles. The summed E-state index contributed by atoms with van der Waals surface area (Å²) in [5, 5.41) is 2.35. The molecule has 0 aliphatic carbocycles. The Morgan fingerprint density at radius 1 is 1.04 bits per heavy atom. The number of halogens is 3. The van der Waals surface area contributed by atoms with Gasteiger partial charge in [-0.15, -0.1) is 0 Å². The molecule has 23 heavy (non-hydrogen) atoms. The summed E-state index contributed by atoms with van der Waals surface area (Å²) in [5.41, 5.74) is -0.117. The zero-order valence-corrected chi connectivity index (χ0v) is 13.1. The molecule has 2 N–H and O–H groups in total. The second-order valence-corrected chi connectivity index (χ2v) is 5.69. The van der Waals surface area contributed by atoms with Gasteiger partial charge in [-0.2, -0.15) is 0 Å². The monoisotopic (exact) mass is 340 g/mol. The van der Waals surface area contributed by atoms with E-state index in [-0.39, 0.29) is 11.3 Å². The molecule has 3 nitrogen and oxygen atoms in total. The smallest absolute Gasteiger partial charge is 0.258 e. The molecule has 0 atom stereocenters. The summed E-state index contributed by atoms with van der Waals surface area (Å²) in [6, 6.07) is 7.08. The predicted octanol–water partition coefficient (Wildman–Crippen LogP) is 4.36. The van der Waals surface area contributed by atoms with Gasteiger partial charge in [0, 0.05) is 23.2 Å². The molecule has 2 aromatic carbocycles. The van der Waals surface area contributed by atoms with Gasteiger partial charge in [0.25, 0.3) is 5.91 Å². The maximum atomic E-state index is 13.8. The third kappa shape index (κ3) is 4.74. The maximum absolute atomic E-state index is 13.8. The van der Waals surface area contributed by atoms with Crippen LogP contribution in [0.15, 0.2) is 41.3 Å². The number of nitrogens with one attached hydrogen (secondary N) is 2. The summed E-state index contributed by atoms with van der Waals surface area (Å²) in [7, 11) is 0. The molecule has 0 aromatic heterocycles. The highest BCUT2D eigenvalue weighted by Gasteiger charge is 2.14. The van der Waals surface area contributed by atoms with E-state index in [0.717, 1.165) is 25.1 Å². The van der Waals surface area contributed by atoms with E-state index < -0.39 is 23.4 Å². The SMILES string of the molecule is CCCNSc1ccc(F)c(C(=O)Nc2ccc(F)c(F)c2)c1. The maximum Gasteiger partial charge on any atom is 0.258 e. The molecule has 1 amide bonds. The van der Waals surface area contributed by atoms with Crippen molar-refractivity contribution in [2.75, 3.05) is 11.9 Å². The van der Waals surface area contributed by atoms with Gasteiger partial charge in [-0.25, -0.2) is 13.2 Å². The minimum atomic E-state index is -1.09. The standard InChI is InChI=1S/C16H15F3N2OS/c1-2-7-20-23-11-4-6-13(17)12(9-11)16(22)21-10-3-5-14(18)15(19)8-10/h3-6,8-9,20H,2,7H2,1H3,(H,21,22). The number of amides is 1. The lowest BCUT2D eigenvalue weighted by atomic mass is 10.2. The van der Waals surface area contributed by atoms with Gasteiger partial charge in [0.1, 0.15) is 5.82 Å². The number of anilines is 1. The van der Waals surface area contributed by atoms with Crippen molar-refractivity contribution in [3.05, 3.63) is 59.4 Å². The van der Waals surface area contributed by atoms with Crippen LogP contribution >= 0.6 is 11.9 Å². The highest BCUT2D eigenvalue weighted by Crippen LogP contribution is 2.20. The zero-order valence-electron chi connectivity index (χ0n) is 12.3. The molecule has 0 spiro atoms. The van der Waals surface area contributed by atoms with Gasteiger partial charge in [-0.3, -0.25) is 9.52 Å². The molecular weight excluding hydrogens is 325 g/mol. The fraction of sp³-hybridized carbons (Fsp3) is 0.188. The Morgan fingerprint density at radius 3 is 2.48 bits per heavy atom. The van der Waals surface area contributed by atoms with Crippen LogP contribution in [0.2, 0.25) is 0 Å². The average Bonchev–Trinajstić information content (AvgIpc) is 2.52. The Hall–Kier alpha value is -1.99. The van der Waals surface area contributed by atoms with Crippen molar-refractivity contribution in [2.45, 2.75) is 18.2 Å². The van der Waals surface area contributed by atoms with Gasteiger partial charge in [-0.1, -0.05) is 6.92 Å². The third-order valence-corrected chi connectivity index (χ3v) is 3.74. The number of hydrogen-bond acceptors (Lipinski definition) is 3. The molecule has 0 fully saturated rings. The normalized spacial score (nSPS) is 10.6. The van der Waals surface area contributed by atoms with Gasteiger partial charge < -0.3 is 5.32 Å². The van der Waals surface area contributed by atoms with Crippen molar-refractivity contribution in [3.63, 3.8) is 0 Å². The van der Waals surface area contributed by atoms with Gasteiger partial charge in [-0.05, 0) is 48.7 Å². The molecule has 0 heterocycles. The minimum Gasteiger partial charge on any atom is -0.322 e.